The summed E-state index contributed by atoms with van der Waals surface area (Å²) < 4.78 is 5.00. The highest BCUT2D eigenvalue weighted by atomic mass is 35.5. The first-order valence-corrected chi connectivity index (χ1v) is 9.02. The number of halogens is 2. The van der Waals surface area contributed by atoms with Gasteiger partial charge in [0.15, 0.2) is 6.61 Å². The van der Waals surface area contributed by atoms with Gasteiger partial charge >= 0.3 is 5.97 Å². The maximum absolute atomic E-state index is 12.3. The van der Waals surface area contributed by atoms with Gasteiger partial charge in [0.25, 0.3) is 5.91 Å². The minimum Gasteiger partial charge on any atom is -0.452 e. The molecule has 10 heteroatoms. The van der Waals surface area contributed by atoms with Crippen molar-refractivity contribution < 1.29 is 23.9 Å². The van der Waals surface area contributed by atoms with Crippen LogP contribution in [0.4, 0.5) is 17.1 Å². The molecule has 0 bridgehead atoms. The quantitative estimate of drug-likeness (QED) is 0.596. The molecule has 2 rings (SSSR count). The fourth-order valence-corrected chi connectivity index (χ4v) is 2.65. The Hall–Kier alpha value is -3.10. The maximum atomic E-state index is 12.3. The van der Waals surface area contributed by atoms with Gasteiger partial charge in [0.05, 0.1) is 21.3 Å². The SMILES string of the molecule is CC(=O)Nc1cc(NC(C)=O)cc(C(=O)OCC(=O)Nc2cccc(Cl)c2Cl)c1. The summed E-state index contributed by atoms with van der Waals surface area (Å²) in [4.78, 5) is 46.9. The standard InChI is InChI=1S/C19H17Cl2N3O5/c1-10(25)22-13-6-12(7-14(8-13)23-11(2)26)19(28)29-9-17(27)24-16-5-3-4-15(20)18(16)21/h3-8H,9H2,1-2H3,(H,22,25)(H,23,26)(H,24,27). The molecule has 0 saturated heterocycles. The molecule has 0 aromatic heterocycles. The Morgan fingerprint density at radius 1 is 0.897 bits per heavy atom. The number of benzene rings is 2. The molecule has 0 atom stereocenters. The van der Waals surface area contributed by atoms with E-state index < -0.39 is 18.5 Å². The molecule has 0 saturated carbocycles. The lowest BCUT2D eigenvalue weighted by Gasteiger charge is -2.11. The molecule has 0 aliphatic heterocycles. The van der Waals surface area contributed by atoms with Gasteiger partial charge in [-0.1, -0.05) is 29.3 Å². The van der Waals surface area contributed by atoms with E-state index in [1.807, 2.05) is 0 Å². The number of carbonyl (C=O) groups is 4. The number of carbonyl (C=O) groups excluding carboxylic acids is 4. The monoisotopic (exact) mass is 437 g/mol. The Kier molecular flexibility index (Phi) is 7.58. The van der Waals surface area contributed by atoms with Crippen LogP contribution in [-0.2, 0) is 19.1 Å². The average molecular weight is 438 g/mol. The number of nitrogens with one attached hydrogen (secondary N) is 3. The van der Waals surface area contributed by atoms with Crippen LogP contribution >= 0.6 is 23.2 Å². The normalized spacial score (nSPS) is 10.1. The molecule has 2 aromatic carbocycles. The van der Waals surface area contributed by atoms with E-state index in [9.17, 15) is 19.2 Å². The average Bonchev–Trinajstić information content (AvgIpc) is 2.62. The Bertz CT molecular complexity index is 944. The molecular formula is C19H17Cl2N3O5. The highest BCUT2D eigenvalue weighted by molar-refractivity contribution is 6.44. The van der Waals surface area contributed by atoms with E-state index in [0.29, 0.717) is 0 Å². The highest BCUT2D eigenvalue weighted by Crippen LogP contribution is 2.29. The highest BCUT2D eigenvalue weighted by Gasteiger charge is 2.15. The summed E-state index contributed by atoms with van der Waals surface area (Å²) in [5, 5.41) is 7.95. The summed E-state index contributed by atoms with van der Waals surface area (Å²) in [7, 11) is 0. The summed E-state index contributed by atoms with van der Waals surface area (Å²) in [6.45, 7) is 2.02. The smallest absolute Gasteiger partial charge is 0.338 e. The number of esters is 1. The van der Waals surface area contributed by atoms with Crippen molar-refractivity contribution >= 4 is 64.0 Å². The molecule has 0 unspecified atom stereocenters. The van der Waals surface area contributed by atoms with Gasteiger partial charge in [0.2, 0.25) is 11.8 Å². The third kappa shape index (κ3) is 6.78. The molecule has 3 amide bonds. The zero-order valence-electron chi connectivity index (χ0n) is 15.5. The molecule has 8 nitrogen and oxygen atoms in total. The van der Waals surface area contributed by atoms with Gasteiger partial charge in [-0.05, 0) is 30.3 Å². The molecule has 0 aliphatic carbocycles. The van der Waals surface area contributed by atoms with Crippen LogP contribution in [0.25, 0.3) is 0 Å². The number of rotatable bonds is 6. The number of ether oxygens (including phenoxy) is 1. The van der Waals surface area contributed by atoms with Crippen molar-refractivity contribution in [2.45, 2.75) is 13.8 Å². The number of amides is 3. The second kappa shape index (κ2) is 9.90. The zero-order valence-corrected chi connectivity index (χ0v) is 17.0. The molecule has 3 N–H and O–H groups in total. The number of hydrogen-bond donors (Lipinski definition) is 3. The lowest BCUT2D eigenvalue weighted by atomic mass is 10.1. The molecule has 0 fully saturated rings. The van der Waals surface area contributed by atoms with Crippen LogP contribution in [0.15, 0.2) is 36.4 Å². The van der Waals surface area contributed by atoms with Gasteiger partial charge in [0.1, 0.15) is 0 Å². The van der Waals surface area contributed by atoms with Gasteiger partial charge in [-0.25, -0.2) is 4.79 Å². The molecule has 0 heterocycles. The lowest BCUT2D eigenvalue weighted by Crippen LogP contribution is -2.21. The minimum absolute atomic E-state index is 0.0357. The van der Waals surface area contributed by atoms with E-state index in [2.05, 4.69) is 16.0 Å². The molecule has 0 radical (unpaired) electrons. The second-order valence-electron chi connectivity index (χ2n) is 5.89. The van der Waals surface area contributed by atoms with E-state index in [4.69, 9.17) is 27.9 Å². The van der Waals surface area contributed by atoms with Crippen LogP contribution in [0.3, 0.4) is 0 Å². The van der Waals surface area contributed by atoms with Crippen molar-refractivity contribution in [2.24, 2.45) is 0 Å². The van der Waals surface area contributed by atoms with Crippen molar-refractivity contribution in [2.75, 3.05) is 22.6 Å². The topological polar surface area (TPSA) is 114 Å². The first-order valence-electron chi connectivity index (χ1n) is 8.27. The van der Waals surface area contributed by atoms with Crippen molar-refractivity contribution in [1.29, 1.82) is 0 Å². The van der Waals surface area contributed by atoms with Gasteiger partial charge < -0.3 is 20.7 Å². The van der Waals surface area contributed by atoms with Gasteiger partial charge in [-0.15, -0.1) is 0 Å². The van der Waals surface area contributed by atoms with Crippen molar-refractivity contribution in [3.8, 4) is 0 Å². The molecule has 152 valence electrons. The first kappa shape index (κ1) is 22.2. The van der Waals surface area contributed by atoms with E-state index in [1.165, 1.54) is 32.0 Å². The Balaban J connectivity index is 2.08. The first-order chi connectivity index (χ1) is 13.7. The van der Waals surface area contributed by atoms with Crippen LogP contribution in [0, 0.1) is 0 Å². The van der Waals surface area contributed by atoms with Crippen molar-refractivity contribution in [1.82, 2.24) is 0 Å². The van der Waals surface area contributed by atoms with Gasteiger partial charge in [-0.3, -0.25) is 14.4 Å². The predicted molar refractivity (Wildman–Crippen MR) is 110 cm³/mol. The largest absolute Gasteiger partial charge is 0.452 e. The van der Waals surface area contributed by atoms with Crippen LogP contribution in [0.1, 0.15) is 24.2 Å². The molecular weight excluding hydrogens is 421 g/mol. The molecule has 0 aliphatic rings. The minimum atomic E-state index is -0.823. The van der Waals surface area contributed by atoms with E-state index in [0.717, 1.165) is 0 Å². The summed E-state index contributed by atoms with van der Waals surface area (Å²) in [6, 6.07) is 8.92. The summed E-state index contributed by atoms with van der Waals surface area (Å²) >= 11 is 11.9. The maximum Gasteiger partial charge on any atom is 0.338 e. The fourth-order valence-electron chi connectivity index (χ4n) is 2.30. The third-order valence-corrected chi connectivity index (χ3v) is 4.19. The third-order valence-electron chi connectivity index (χ3n) is 3.37. The fraction of sp³-hybridized carbons (Fsp3) is 0.158. The Labute approximate surface area is 176 Å². The number of anilines is 3. The Morgan fingerprint density at radius 2 is 1.48 bits per heavy atom. The summed E-state index contributed by atoms with van der Waals surface area (Å²) in [6.07, 6.45) is 0. The van der Waals surface area contributed by atoms with Crippen LogP contribution in [-0.4, -0.2) is 30.3 Å². The van der Waals surface area contributed by atoms with Crippen molar-refractivity contribution in [3.05, 3.63) is 52.0 Å². The predicted octanol–water partition coefficient (Wildman–Crippen LogP) is 3.71. The number of hydrogen-bond acceptors (Lipinski definition) is 5. The lowest BCUT2D eigenvalue weighted by molar-refractivity contribution is -0.119. The van der Waals surface area contributed by atoms with Crippen molar-refractivity contribution in [3.63, 3.8) is 0 Å². The van der Waals surface area contributed by atoms with Crippen LogP contribution in [0.2, 0.25) is 10.0 Å². The van der Waals surface area contributed by atoms with E-state index in [1.54, 1.807) is 18.2 Å². The summed E-state index contributed by atoms with van der Waals surface area (Å²) in [5.74, 6) is -2.16. The van der Waals surface area contributed by atoms with Crippen LogP contribution in [0.5, 0.6) is 0 Å². The van der Waals surface area contributed by atoms with Gasteiger partial charge in [-0.2, -0.15) is 0 Å². The van der Waals surface area contributed by atoms with Gasteiger partial charge in [0, 0.05) is 25.2 Å². The van der Waals surface area contributed by atoms with E-state index in [-0.39, 0.29) is 44.5 Å². The molecule has 2 aromatic rings. The van der Waals surface area contributed by atoms with Crippen LogP contribution < -0.4 is 16.0 Å². The summed E-state index contributed by atoms with van der Waals surface area (Å²) in [5.41, 5.74) is 0.881. The Morgan fingerprint density at radius 3 is 2.03 bits per heavy atom. The zero-order chi connectivity index (χ0) is 21.6. The molecule has 0 spiro atoms. The second-order valence-corrected chi connectivity index (χ2v) is 6.67. The van der Waals surface area contributed by atoms with E-state index >= 15 is 0 Å². The molecule has 29 heavy (non-hydrogen) atoms.